The van der Waals surface area contributed by atoms with E-state index in [1.165, 1.54) is 74.3 Å². The fourth-order valence-corrected chi connectivity index (χ4v) is 9.08. The number of nitrogens with zero attached hydrogens (tertiary/aromatic N) is 4. The van der Waals surface area contributed by atoms with Gasteiger partial charge in [0.15, 0.2) is 0 Å². The van der Waals surface area contributed by atoms with Gasteiger partial charge in [0.05, 0.1) is 11.1 Å². The summed E-state index contributed by atoms with van der Waals surface area (Å²) in [4.78, 5) is 32.1. The van der Waals surface area contributed by atoms with Gasteiger partial charge in [-0.05, 0) is 108 Å². The molecule has 0 atom stereocenters. The summed E-state index contributed by atoms with van der Waals surface area (Å²) in [6.07, 6.45) is 7.59. The van der Waals surface area contributed by atoms with E-state index in [2.05, 4.69) is 89.6 Å². The van der Waals surface area contributed by atoms with E-state index in [9.17, 15) is 4.79 Å². The predicted molar refractivity (Wildman–Crippen MR) is 178 cm³/mol. The summed E-state index contributed by atoms with van der Waals surface area (Å²) in [6, 6.07) is 14.3. The van der Waals surface area contributed by atoms with Crippen LogP contribution in [0.15, 0.2) is 42.6 Å². The molecular formula is C36H45N5OS. The SMILES string of the molecule is Cc1cc(C)cc(-c2[nH]c3sc(C(C)(C)C(=O)N4C5CCC4CC5)cc3c2CCN2CCN(c3ncccc3C)CC2)c1. The first kappa shape index (κ1) is 28.6. The van der Waals surface area contributed by atoms with E-state index in [1.54, 1.807) is 11.3 Å². The number of thiophene rings is 1. The van der Waals surface area contributed by atoms with Gasteiger partial charge in [0, 0.05) is 61.3 Å². The summed E-state index contributed by atoms with van der Waals surface area (Å²) in [5, 5.41) is 1.29. The monoisotopic (exact) mass is 595 g/mol. The van der Waals surface area contributed by atoms with Crippen molar-refractivity contribution in [2.24, 2.45) is 0 Å². The molecule has 0 aliphatic carbocycles. The normalized spacial score (nSPS) is 21.0. The Bertz CT molecular complexity index is 1620. The van der Waals surface area contributed by atoms with Gasteiger partial charge in [-0.1, -0.05) is 23.3 Å². The largest absolute Gasteiger partial charge is 0.354 e. The Morgan fingerprint density at radius 2 is 1.65 bits per heavy atom. The Morgan fingerprint density at radius 3 is 2.30 bits per heavy atom. The van der Waals surface area contributed by atoms with Crippen LogP contribution in [-0.4, -0.2) is 70.5 Å². The minimum Gasteiger partial charge on any atom is -0.354 e. The molecule has 3 fully saturated rings. The smallest absolute Gasteiger partial charge is 0.233 e. The van der Waals surface area contributed by atoms with E-state index in [-0.39, 0.29) is 0 Å². The second kappa shape index (κ2) is 11.1. The number of nitrogens with one attached hydrogen (secondary N) is 1. The van der Waals surface area contributed by atoms with E-state index < -0.39 is 5.41 Å². The second-order valence-electron chi connectivity index (χ2n) is 13.7. The summed E-state index contributed by atoms with van der Waals surface area (Å²) < 4.78 is 0. The van der Waals surface area contributed by atoms with Crippen LogP contribution in [0.25, 0.3) is 21.5 Å². The van der Waals surface area contributed by atoms with Crippen molar-refractivity contribution in [1.29, 1.82) is 0 Å². The van der Waals surface area contributed by atoms with Crippen molar-refractivity contribution in [2.45, 2.75) is 84.2 Å². The maximum atomic E-state index is 14.0. The molecule has 43 heavy (non-hydrogen) atoms. The first-order valence-electron chi connectivity index (χ1n) is 16.1. The first-order chi connectivity index (χ1) is 20.7. The van der Waals surface area contributed by atoms with Crippen molar-refractivity contribution >= 4 is 33.3 Å². The Balaban J connectivity index is 1.16. The molecule has 1 aromatic carbocycles. The van der Waals surface area contributed by atoms with Crippen LogP contribution in [0.1, 0.15) is 66.7 Å². The molecule has 1 N–H and O–H groups in total. The molecule has 226 valence electrons. The lowest BCUT2D eigenvalue weighted by Crippen LogP contribution is -2.47. The number of H-pyrrole nitrogens is 1. The lowest BCUT2D eigenvalue weighted by Gasteiger charge is -2.36. The van der Waals surface area contributed by atoms with Crippen molar-refractivity contribution in [3.63, 3.8) is 0 Å². The Labute approximate surface area is 260 Å². The van der Waals surface area contributed by atoms with Crippen LogP contribution < -0.4 is 4.90 Å². The van der Waals surface area contributed by atoms with E-state index in [4.69, 9.17) is 0 Å². The molecule has 4 aromatic rings. The summed E-state index contributed by atoms with van der Waals surface area (Å²) in [5.74, 6) is 1.44. The van der Waals surface area contributed by atoms with Gasteiger partial charge in [-0.15, -0.1) is 11.3 Å². The lowest BCUT2D eigenvalue weighted by molar-refractivity contribution is -0.137. The predicted octanol–water partition coefficient (Wildman–Crippen LogP) is 7.01. The number of aryl methyl sites for hydroxylation is 3. The van der Waals surface area contributed by atoms with Gasteiger partial charge in [-0.3, -0.25) is 9.69 Å². The zero-order valence-corrected chi connectivity index (χ0v) is 27.2. The second-order valence-corrected chi connectivity index (χ2v) is 14.8. The highest BCUT2D eigenvalue weighted by atomic mass is 32.1. The van der Waals surface area contributed by atoms with Crippen molar-refractivity contribution in [1.82, 2.24) is 19.8 Å². The quantitative estimate of drug-likeness (QED) is 0.250. The summed E-state index contributed by atoms with van der Waals surface area (Å²) in [6.45, 7) is 15.9. The number of piperazine rings is 1. The third kappa shape index (κ3) is 5.18. The topological polar surface area (TPSA) is 55.5 Å². The zero-order valence-electron chi connectivity index (χ0n) is 26.4. The fraction of sp³-hybridized carbons (Fsp3) is 0.500. The van der Waals surface area contributed by atoms with Crippen LogP contribution in [-0.2, 0) is 16.6 Å². The number of aromatic nitrogens is 2. The molecule has 6 heterocycles. The number of hydrogen-bond acceptors (Lipinski definition) is 5. The molecule has 0 spiro atoms. The molecule has 2 bridgehead atoms. The number of aromatic amines is 1. The van der Waals surface area contributed by atoms with Gasteiger partial charge >= 0.3 is 0 Å². The molecule has 7 heteroatoms. The first-order valence-corrected chi connectivity index (χ1v) is 17.0. The third-order valence-corrected chi connectivity index (χ3v) is 11.7. The van der Waals surface area contributed by atoms with Gasteiger partial charge in [0.25, 0.3) is 0 Å². The molecule has 3 saturated heterocycles. The maximum Gasteiger partial charge on any atom is 0.233 e. The van der Waals surface area contributed by atoms with Crippen molar-refractivity contribution in [2.75, 3.05) is 37.6 Å². The molecule has 3 aromatic heterocycles. The molecule has 7 rings (SSSR count). The third-order valence-electron chi connectivity index (χ3n) is 10.3. The van der Waals surface area contributed by atoms with Crippen LogP contribution in [0.5, 0.6) is 0 Å². The average molecular weight is 596 g/mol. The highest BCUT2D eigenvalue weighted by molar-refractivity contribution is 7.19. The van der Waals surface area contributed by atoms with Crippen LogP contribution in [0.3, 0.4) is 0 Å². The fourth-order valence-electron chi connectivity index (χ4n) is 7.90. The number of anilines is 1. The summed E-state index contributed by atoms with van der Waals surface area (Å²) in [5.41, 5.74) is 7.18. The standard InChI is InChI=1S/C36H45N5OS/c1-23-19-24(2)21-26(20-23)32-29(12-14-39-15-17-40(18-16-39)33-25(3)7-6-13-37-33)30-22-31(43-34(30)38-32)36(4,5)35(42)41-27-8-9-28(41)11-10-27/h6-7,13,19-22,27-28,38H,8-12,14-18H2,1-5H3. The highest BCUT2D eigenvalue weighted by Crippen LogP contribution is 2.44. The zero-order chi connectivity index (χ0) is 29.9. The molecule has 3 aliphatic rings. The summed E-state index contributed by atoms with van der Waals surface area (Å²) in [7, 11) is 0. The Morgan fingerprint density at radius 1 is 0.977 bits per heavy atom. The number of carbonyl (C=O) groups is 1. The van der Waals surface area contributed by atoms with Crippen molar-refractivity contribution in [3.8, 4) is 11.3 Å². The van der Waals surface area contributed by atoms with Gasteiger partial charge in [-0.2, -0.15) is 0 Å². The van der Waals surface area contributed by atoms with Gasteiger partial charge < -0.3 is 14.8 Å². The van der Waals surface area contributed by atoms with Crippen LogP contribution in [0.4, 0.5) is 5.82 Å². The average Bonchev–Trinajstić information content (AvgIpc) is 3.76. The van der Waals surface area contributed by atoms with Crippen LogP contribution >= 0.6 is 11.3 Å². The van der Waals surface area contributed by atoms with Gasteiger partial charge in [-0.25, -0.2) is 4.98 Å². The van der Waals surface area contributed by atoms with E-state index >= 15 is 0 Å². The molecule has 6 nitrogen and oxygen atoms in total. The minimum absolute atomic E-state index is 0.318. The maximum absolute atomic E-state index is 14.0. The molecular weight excluding hydrogens is 550 g/mol. The van der Waals surface area contributed by atoms with E-state index in [1.807, 2.05) is 12.3 Å². The summed E-state index contributed by atoms with van der Waals surface area (Å²) >= 11 is 1.78. The number of fused-ring (bicyclic) bond motifs is 3. The molecule has 1 amide bonds. The highest BCUT2D eigenvalue weighted by Gasteiger charge is 2.47. The van der Waals surface area contributed by atoms with Crippen LogP contribution in [0.2, 0.25) is 0 Å². The van der Waals surface area contributed by atoms with E-state index in [0.717, 1.165) is 45.0 Å². The van der Waals surface area contributed by atoms with Crippen molar-refractivity contribution in [3.05, 3.63) is 69.7 Å². The number of rotatable bonds is 7. The number of benzene rings is 1. The number of carbonyl (C=O) groups excluding carboxylic acids is 1. The minimum atomic E-state index is -0.521. The van der Waals surface area contributed by atoms with Gasteiger partial charge in [0.1, 0.15) is 10.6 Å². The van der Waals surface area contributed by atoms with Crippen LogP contribution in [0, 0.1) is 20.8 Å². The Hall–Kier alpha value is -3.16. The van der Waals surface area contributed by atoms with Crippen molar-refractivity contribution < 1.29 is 4.79 Å². The number of pyridine rings is 1. The van der Waals surface area contributed by atoms with E-state index in [0.29, 0.717) is 18.0 Å². The van der Waals surface area contributed by atoms with Gasteiger partial charge in [0.2, 0.25) is 5.91 Å². The molecule has 3 aliphatic heterocycles. The molecule has 0 radical (unpaired) electrons. The lowest BCUT2D eigenvalue weighted by atomic mass is 9.88. The molecule has 0 unspecified atom stereocenters. The number of hydrogen-bond donors (Lipinski definition) is 1. The number of amides is 1. The Kier molecular flexibility index (Phi) is 7.37. The molecule has 0 saturated carbocycles.